The van der Waals surface area contributed by atoms with Crippen LogP contribution in [0.25, 0.3) is 0 Å². The smallest absolute Gasteiger partial charge is 0.0503 e. The largest absolute Gasteiger partial charge is 0.298 e. The summed E-state index contributed by atoms with van der Waals surface area (Å²) in [6.07, 6.45) is 7.26. The number of alkyl halides is 1. The lowest BCUT2D eigenvalue weighted by Gasteiger charge is -2.31. The normalized spacial score (nSPS) is 50.4. The first-order chi connectivity index (χ1) is 7.28. The Balaban J connectivity index is 1.65. The Morgan fingerprint density at radius 2 is 2.07 bits per heavy atom. The van der Waals surface area contributed by atoms with Gasteiger partial charge in [-0.15, -0.1) is 11.6 Å². The maximum Gasteiger partial charge on any atom is 0.0503 e. The van der Waals surface area contributed by atoms with Crippen LogP contribution in [0, 0.1) is 17.8 Å². The standard InChI is InChI=1S/C13H22ClN/c1-2-10-7-15(8-12(10)14)13-6-9-3-4-11(13)5-9/h9-13H,2-8H2,1H3. The van der Waals surface area contributed by atoms with E-state index in [9.17, 15) is 0 Å². The third-order valence-electron chi connectivity index (χ3n) is 5.08. The van der Waals surface area contributed by atoms with Gasteiger partial charge in [-0.25, -0.2) is 0 Å². The van der Waals surface area contributed by atoms with Gasteiger partial charge in [-0.1, -0.05) is 19.8 Å². The number of hydrogen-bond acceptors (Lipinski definition) is 1. The zero-order chi connectivity index (χ0) is 10.4. The molecule has 0 aromatic carbocycles. The molecule has 0 N–H and O–H groups in total. The van der Waals surface area contributed by atoms with Gasteiger partial charge in [0, 0.05) is 19.1 Å². The number of halogens is 1. The maximum atomic E-state index is 6.41. The van der Waals surface area contributed by atoms with Gasteiger partial charge in [0.25, 0.3) is 0 Å². The van der Waals surface area contributed by atoms with Crippen molar-refractivity contribution in [3.05, 3.63) is 0 Å². The Bertz CT molecular complexity index is 243. The molecule has 0 radical (unpaired) electrons. The maximum absolute atomic E-state index is 6.41. The highest BCUT2D eigenvalue weighted by molar-refractivity contribution is 6.21. The second kappa shape index (κ2) is 3.92. The molecule has 3 fully saturated rings. The van der Waals surface area contributed by atoms with Gasteiger partial charge >= 0.3 is 0 Å². The molecule has 5 atom stereocenters. The second-order valence-electron chi connectivity index (χ2n) is 5.88. The molecule has 15 heavy (non-hydrogen) atoms. The van der Waals surface area contributed by atoms with Crippen LogP contribution in [0.15, 0.2) is 0 Å². The second-order valence-corrected chi connectivity index (χ2v) is 6.44. The van der Waals surface area contributed by atoms with E-state index < -0.39 is 0 Å². The van der Waals surface area contributed by atoms with Crippen LogP contribution in [-0.4, -0.2) is 29.4 Å². The van der Waals surface area contributed by atoms with Crippen molar-refractivity contribution >= 4 is 11.6 Å². The fourth-order valence-corrected chi connectivity index (χ4v) is 4.61. The molecule has 0 aromatic heterocycles. The third-order valence-corrected chi connectivity index (χ3v) is 5.58. The Kier molecular flexibility index (Phi) is 2.72. The molecule has 2 aliphatic carbocycles. The molecule has 2 heteroatoms. The van der Waals surface area contributed by atoms with Crippen LogP contribution in [0.5, 0.6) is 0 Å². The molecule has 2 bridgehead atoms. The molecule has 1 saturated heterocycles. The van der Waals surface area contributed by atoms with Gasteiger partial charge in [-0.3, -0.25) is 4.90 Å². The minimum absolute atomic E-state index is 0.425. The summed E-state index contributed by atoms with van der Waals surface area (Å²) in [6, 6.07) is 0.904. The minimum Gasteiger partial charge on any atom is -0.298 e. The summed E-state index contributed by atoms with van der Waals surface area (Å²) in [7, 11) is 0. The van der Waals surface area contributed by atoms with E-state index in [1.807, 2.05) is 0 Å². The number of hydrogen-bond donors (Lipinski definition) is 0. The van der Waals surface area contributed by atoms with E-state index in [4.69, 9.17) is 11.6 Å². The van der Waals surface area contributed by atoms with Crippen molar-refractivity contribution in [1.82, 2.24) is 4.90 Å². The van der Waals surface area contributed by atoms with Gasteiger partial charge in [0.05, 0.1) is 5.38 Å². The van der Waals surface area contributed by atoms with Crippen LogP contribution in [0.4, 0.5) is 0 Å². The topological polar surface area (TPSA) is 3.24 Å². The molecule has 0 aromatic rings. The van der Waals surface area contributed by atoms with Gasteiger partial charge in [0.15, 0.2) is 0 Å². The van der Waals surface area contributed by atoms with Gasteiger partial charge in [-0.2, -0.15) is 0 Å². The first-order valence-electron chi connectivity index (χ1n) is 6.66. The van der Waals surface area contributed by atoms with E-state index in [0.717, 1.165) is 30.3 Å². The quantitative estimate of drug-likeness (QED) is 0.656. The number of nitrogens with zero attached hydrogens (tertiary/aromatic N) is 1. The van der Waals surface area contributed by atoms with Gasteiger partial charge in [0.1, 0.15) is 0 Å². The monoisotopic (exact) mass is 227 g/mol. The molecule has 0 amide bonds. The minimum atomic E-state index is 0.425. The fourth-order valence-electron chi connectivity index (χ4n) is 4.18. The predicted molar refractivity (Wildman–Crippen MR) is 64.2 cm³/mol. The van der Waals surface area contributed by atoms with Crippen LogP contribution in [0.2, 0.25) is 0 Å². The van der Waals surface area contributed by atoms with E-state index in [1.54, 1.807) is 0 Å². The number of likely N-dealkylation sites (tertiary alicyclic amines) is 1. The summed E-state index contributed by atoms with van der Waals surface area (Å²) in [5.41, 5.74) is 0. The molecule has 3 aliphatic rings. The molecule has 1 heterocycles. The van der Waals surface area contributed by atoms with Crippen molar-refractivity contribution < 1.29 is 0 Å². The van der Waals surface area contributed by atoms with Crippen molar-refractivity contribution in [2.75, 3.05) is 13.1 Å². The number of rotatable bonds is 2. The highest BCUT2D eigenvalue weighted by Gasteiger charge is 2.45. The lowest BCUT2D eigenvalue weighted by Crippen LogP contribution is -2.37. The summed E-state index contributed by atoms with van der Waals surface area (Å²) in [5.74, 6) is 2.84. The summed E-state index contributed by atoms with van der Waals surface area (Å²) >= 11 is 6.41. The van der Waals surface area contributed by atoms with Crippen LogP contribution in [0.3, 0.4) is 0 Å². The molecule has 0 spiro atoms. The summed E-state index contributed by atoms with van der Waals surface area (Å²) in [4.78, 5) is 2.72. The van der Waals surface area contributed by atoms with E-state index in [2.05, 4.69) is 11.8 Å². The van der Waals surface area contributed by atoms with Crippen molar-refractivity contribution in [2.24, 2.45) is 17.8 Å². The molecule has 1 aliphatic heterocycles. The molecule has 5 unspecified atom stereocenters. The van der Waals surface area contributed by atoms with Crippen LogP contribution in [0.1, 0.15) is 39.0 Å². The Labute approximate surface area is 98.2 Å². The van der Waals surface area contributed by atoms with Gasteiger partial charge in [-0.05, 0) is 37.0 Å². The number of fused-ring (bicyclic) bond motifs is 2. The van der Waals surface area contributed by atoms with Crippen LogP contribution < -0.4 is 0 Å². The average molecular weight is 228 g/mol. The highest BCUT2D eigenvalue weighted by Crippen LogP contribution is 2.47. The van der Waals surface area contributed by atoms with Gasteiger partial charge in [0.2, 0.25) is 0 Å². The molecule has 3 rings (SSSR count). The molecular weight excluding hydrogens is 206 g/mol. The zero-order valence-corrected chi connectivity index (χ0v) is 10.4. The van der Waals surface area contributed by atoms with Crippen molar-refractivity contribution in [2.45, 2.75) is 50.4 Å². The molecular formula is C13H22ClN. The summed E-state index contributed by atoms with van der Waals surface area (Å²) < 4.78 is 0. The lowest BCUT2D eigenvalue weighted by atomic mass is 9.94. The first kappa shape index (κ1) is 10.4. The molecule has 86 valence electrons. The van der Waals surface area contributed by atoms with E-state index in [-0.39, 0.29) is 0 Å². The van der Waals surface area contributed by atoms with Gasteiger partial charge < -0.3 is 0 Å². The van der Waals surface area contributed by atoms with E-state index in [1.165, 1.54) is 38.6 Å². The predicted octanol–water partition coefficient (Wildman–Crippen LogP) is 3.12. The van der Waals surface area contributed by atoms with Crippen molar-refractivity contribution in [3.8, 4) is 0 Å². The Hall–Kier alpha value is 0.250. The molecule has 1 nitrogen and oxygen atoms in total. The average Bonchev–Trinajstić information content (AvgIpc) is 2.90. The van der Waals surface area contributed by atoms with Crippen molar-refractivity contribution in [1.29, 1.82) is 0 Å². The summed E-state index contributed by atoms with van der Waals surface area (Å²) in [5, 5.41) is 0.425. The van der Waals surface area contributed by atoms with Crippen LogP contribution >= 0.6 is 11.6 Å². The zero-order valence-electron chi connectivity index (χ0n) is 9.66. The molecule has 2 saturated carbocycles. The SMILES string of the molecule is CCC1CN(C2CC3CCC2C3)CC1Cl. The van der Waals surface area contributed by atoms with E-state index >= 15 is 0 Å². The fraction of sp³-hybridized carbons (Fsp3) is 1.00. The van der Waals surface area contributed by atoms with E-state index in [0.29, 0.717) is 5.38 Å². The first-order valence-corrected chi connectivity index (χ1v) is 7.09. The van der Waals surface area contributed by atoms with Crippen LogP contribution in [-0.2, 0) is 0 Å². The Morgan fingerprint density at radius 1 is 1.20 bits per heavy atom. The third kappa shape index (κ3) is 1.72. The Morgan fingerprint density at radius 3 is 2.60 bits per heavy atom. The summed E-state index contributed by atoms with van der Waals surface area (Å²) in [6.45, 7) is 4.72. The van der Waals surface area contributed by atoms with Crippen molar-refractivity contribution in [3.63, 3.8) is 0 Å². The lowest BCUT2D eigenvalue weighted by molar-refractivity contribution is 0.169. The highest BCUT2D eigenvalue weighted by atomic mass is 35.5.